The zero-order chi connectivity index (χ0) is 15.1. The van der Waals surface area contributed by atoms with Crippen LogP contribution in [-0.4, -0.2) is 6.54 Å². The predicted octanol–water partition coefficient (Wildman–Crippen LogP) is 5.15. The molecule has 0 aliphatic rings. The van der Waals surface area contributed by atoms with Crippen LogP contribution < -0.4 is 5.32 Å². The van der Waals surface area contributed by atoms with E-state index in [1.54, 1.807) is 12.1 Å². The van der Waals surface area contributed by atoms with E-state index in [-0.39, 0.29) is 11.9 Å². The van der Waals surface area contributed by atoms with Gasteiger partial charge in [-0.15, -0.1) is 0 Å². The number of nitrogens with one attached hydrogen (secondary N) is 1. The van der Waals surface area contributed by atoms with Gasteiger partial charge >= 0.3 is 0 Å². The van der Waals surface area contributed by atoms with Crippen LogP contribution in [0.4, 0.5) is 4.39 Å². The van der Waals surface area contributed by atoms with Gasteiger partial charge in [0, 0.05) is 16.6 Å². The molecule has 0 radical (unpaired) electrons. The molecule has 0 fully saturated rings. The normalized spacial score (nSPS) is 12.3. The van der Waals surface area contributed by atoms with Gasteiger partial charge in [-0.25, -0.2) is 4.39 Å². The maximum Gasteiger partial charge on any atom is 0.127 e. The molecule has 21 heavy (non-hydrogen) atoms. The Morgan fingerprint density at radius 2 is 1.86 bits per heavy atom. The van der Waals surface area contributed by atoms with Crippen molar-refractivity contribution in [1.29, 1.82) is 0 Å². The van der Waals surface area contributed by atoms with Crippen molar-refractivity contribution in [3.63, 3.8) is 0 Å². The summed E-state index contributed by atoms with van der Waals surface area (Å²) in [5, 5.41) is 4.04. The minimum Gasteiger partial charge on any atom is -0.310 e. The number of benzene rings is 2. The summed E-state index contributed by atoms with van der Waals surface area (Å²) in [6.07, 6.45) is 2.52. The molecule has 0 amide bonds. The highest BCUT2D eigenvalue weighted by Crippen LogP contribution is 2.24. The van der Waals surface area contributed by atoms with Crippen LogP contribution in [0.25, 0.3) is 0 Å². The molecule has 2 rings (SSSR count). The van der Waals surface area contributed by atoms with Crippen molar-refractivity contribution in [3.05, 3.63) is 70.5 Å². The molecule has 0 aromatic heterocycles. The standard InChI is InChI=1S/C18H21ClFN/c1-2-13-21-18(14-7-4-3-5-8-14)12-11-15-16(19)9-6-10-17(15)20/h3-10,18,21H,2,11-13H2,1H3. The summed E-state index contributed by atoms with van der Waals surface area (Å²) in [4.78, 5) is 0. The topological polar surface area (TPSA) is 12.0 Å². The van der Waals surface area contributed by atoms with Gasteiger partial charge < -0.3 is 5.32 Å². The van der Waals surface area contributed by atoms with Crippen LogP contribution in [0.5, 0.6) is 0 Å². The number of hydrogen-bond acceptors (Lipinski definition) is 1. The zero-order valence-corrected chi connectivity index (χ0v) is 13.0. The first-order valence-corrected chi connectivity index (χ1v) is 7.81. The van der Waals surface area contributed by atoms with Gasteiger partial charge in [0.1, 0.15) is 5.82 Å². The largest absolute Gasteiger partial charge is 0.310 e. The molecule has 0 bridgehead atoms. The highest BCUT2D eigenvalue weighted by molar-refractivity contribution is 6.31. The van der Waals surface area contributed by atoms with E-state index >= 15 is 0 Å². The Labute approximate surface area is 131 Å². The van der Waals surface area contributed by atoms with Gasteiger partial charge in [0.15, 0.2) is 0 Å². The van der Waals surface area contributed by atoms with Crippen molar-refractivity contribution in [2.75, 3.05) is 6.54 Å². The summed E-state index contributed by atoms with van der Waals surface area (Å²) < 4.78 is 13.9. The van der Waals surface area contributed by atoms with Crippen molar-refractivity contribution in [2.24, 2.45) is 0 Å². The SMILES string of the molecule is CCCNC(CCc1c(F)cccc1Cl)c1ccccc1. The van der Waals surface area contributed by atoms with E-state index in [2.05, 4.69) is 24.4 Å². The molecule has 1 atom stereocenters. The third-order valence-electron chi connectivity index (χ3n) is 3.59. The third kappa shape index (κ3) is 4.55. The maximum absolute atomic E-state index is 13.9. The molecule has 0 saturated heterocycles. The summed E-state index contributed by atoms with van der Waals surface area (Å²) in [6, 6.07) is 15.4. The number of rotatable bonds is 7. The smallest absolute Gasteiger partial charge is 0.127 e. The van der Waals surface area contributed by atoms with E-state index in [0.29, 0.717) is 17.0 Å². The van der Waals surface area contributed by atoms with E-state index in [9.17, 15) is 4.39 Å². The molecule has 2 aromatic carbocycles. The molecule has 1 nitrogen and oxygen atoms in total. The maximum atomic E-state index is 13.9. The lowest BCUT2D eigenvalue weighted by Gasteiger charge is -2.19. The number of halogens is 2. The fourth-order valence-corrected chi connectivity index (χ4v) is 2.71. The fourth-order valence-electron chi connectivity index (χ4n) is 2.45. The Balaban J connectivity index is 2.09. The van der Waals surface area contributed by atoms with E-state index in [4.69, 9.17) is 11.6 Å². The average Bonchev–Trinajstić information content (AvgIpc) is 2.50. The van der Waals surface area contributed by atoms with Gasteiger partial charge in [-0.3, -0.25) is 0 Å². The third-order valence-corrected chi connectivity index (χ3v) is 3.94. The molecule has 0 saturated carbocycles. The summed E-state index contributed by atoms with van der Waals surface area (Å²) in [6.45, 7) is 3.09. The molecule has 1 N–H and O–H groups in total. The molecule has 112 valence electrons. The first kappa shape index (κ1) is 16.0. The highest BCUT2D eigenvalue weighted by Gasteiger charge is 2.13. The van der Waals surface area contributed by atoms with Crippen LogP contribution >= 0.6 is 11.6 Å². The highest BCUT2D eigenvalue weighted by atomic mass is 35.5. The summed E-state index contributed by atoms with van der Waals surface area (Å²) >= 11 is 6.10. The summed E-state index contributed by atoms with van der Waals surface area (Å²) in [5.41, 5.74) is 1.84. The molecule has 2 aromatic rings. The minimum absolute atomic E-state index is 0.218. The molecule has 3 heteroatoms. The van der Waals surface area contributed by atoms with E-state index in [1.807, 2.05) is 18.2 Å². The van der Waals surface area contributed by atoms with E-state index in [1.165, 1.54) is 11.6 Å². The lowest BCUT2D eigenvalue weighted by atomic mass is 9.98. The van der Waals surface area contributed by atoms with Crippen molar-refractivity contribution < 1.29 is 4.39 Å². The first-order valence-electron chi connectivity index (χ1n) is 7.43. The number of hydrogen-bond donors (Lipinski definition) is 1. The molecule has 0 spiro atoms. The Kier molecular flexibility index (Phi) is 6.21. The van der Waals surface area contributed by atoms with Crippen molar-refractivity contribution in [2.45, 2.75) is 32.2 Å². The second-order valence-corrected chi connectivity index (χ2v) is 5.56. The van der Waals surface area contributed by atoms with Gasteiger partial charge in [-0.05, 0) is 43.5 Å². The lowest BCUT2D eigenvalue weighted by molar-refractivity contribution is 0.493. The predicted molar refractivity (Wildman–Crippen MR) is 87.2 cm³/mol. The molecular formula is C18H21ClFN. The van der Waals surface area contributed by atoms with Crippen LogP contribution in [0.2, 0.25) is 5.02 Å². The average molecular weight is 306 g/mol. The van der Waals surface area contributed by atoms with E-state index < -0.39 is 0 Å². The van der Waals surface area contributed by atoms with Crippen molar-refractivity contribution >= 4 is 11.6 Å². The Morgan fingerprint density at radius 1 is 1.10 bits per heavy atom. The minimum atomic E-state index is -0.218. The van der Waals surface area contributed by atoms with Crippen LogP contribution in [0, 0.1) is 5.82 Å². The van der Waals surface area contributed by atoms with Gasteiger partial charge in [-0.2, -0.15) is 0 Å². The van der Waals surface area contributed by atoms with Crippen LogP contribution in [0.3, 0.4) is 0 Å². The molecule has 0 aliphatic carbocycles. The van der Waals surface area contributed by atoms with Gasteiger partial charge in [0.25, 0.3) is 0 Å². The van der Waals surface area contributed by atoms with Gasteiger partial charge in [0.2, 0.25) is 0 Å². The zero-order valence-electron chi connectivity index (χ0n) is 12.3. The molecule has 0 heterocycles. The Morgan fingerprint density at radius 3 is 2.52 bits per heavy atom. The molecular weight excluding hydrogens is 285 g/mol. The second kappa shape index (κ2) is 8.16. The van der Waals surface area contributed by atoms with Crippen molar-refractivity contribution in [1.82, 2.24) is 5.32 Å². The lowest BCUT2D eigenvalue weighted by Crippen LogP contribution is -2.22. The van der Waals surface area contributed by atoms with Gasteiger partial charge in [-0.1, -0.05) is 54.9 Å². The fraction of sp³-hybridized carbons (Fsp3) is 0.333. The summed E-state index contributed by atoms with van der Waals surface area (Å²) in [5.74, 6) is -0.218. The van der Waals surface area contributed by atoms with Gasteiger partial charge in [0.05, 0.1) is 0 Å². The monoisotopic (exact) mass is 305 g/mol. The molecule has 1 unspecified atom stereocenters. The van der Waals surface area contributed by atoms with Crippen LogP contribution in [0.1, 0.15) is 36.9 Å². The Hall–Kier alpha value is -1.38. The van der Waals surface area contributed by atoms with E-state index in [0.717, 1.165) is 19.4 Å². The quantitative estimate of drug-likeness (QED) is 0.745. The van der Waals surface area contributed by atoms with Crippen LogP contribution in [0.15, 0.2) is 48.5 Å². The van der Waals surface area contributed by atoms with Crippen LogP contribution in [-0.2, 0) is 6.42 Å². The summed E-state index contributed by atoms with van der Waals surface area (Å²) in [7, 11) is 0. The first-order chi connectivity index (χ1) is 10.2. The molecule has 0 aliphatic heterocycles. The van der Waals surface area contributed by atoms with Crippen molar-refractivity contribution in [3.8, 4) is 0 Å². The Bertz CT molecular complexity index is 536. The second-order valence-electron chi connectivity index (χ2n) is 5.16.